The van der Waals surface area contributed by atoms with E-state index in [2.05, 4.69) is 12.2 Å². The molecule has 0 aliphatic heterocycles. The van der Waals surface area contributed by atoms with Crippen LogP contribution in [0.3, 0.4) is 0 Å². The Bertz CT molecular complexity index is 974. The summed E-state index contributed by atoms with van der Waals surface area (Å²) in [5, 5.41) is 12.4. The summed E-state index contributed by atoms with van der Waals surface area (Å²) in [5.41, 5.74) is 1.87. The van der Waals surface area contributed by atoms with E-state index in [1.54, 1.807) is 31.4 Å². The number of hydrogen-bond acceptors (Lipinski definition) is 5. The molecule has 2 rings (SSSR count). The lowest BCUT2D eigenvalue weighted by Gasteiger charge is -2.12. The molecule has 0 radical (unpaired) electrons. The zero-order chi connectivity index (χ0) is 28.1. The van der Waals surface area contributed by atoms with E-state index < -0.39 is 5.97 Å². The maximum atomic E-state index is 12.4. The molecule has 0 aliphatic rings. The summed E-state index contributed by atoms with van der Waals surface area (Å²) in [6.45, 7) is 2.75. The van der Waals surface area contributed by atoms with Crippen molar-refractivity contribution in [1.29, 1.82) is 0 Å². The molecule has 6 heteroatoms. The summed E-state index contributed by atoms with van der Waals surface area (Å²) >= 11 is 0. The van der Waals surface area contributed by atoms with Gasteiger partial charge < -0.3 is 19.9 Å². The second kappa shape index (κ2) is 20.0. The Hall–Kier alpha value is -3.02. The molecule has 0 amide bonds. The Kier molecular flexibility index (Phi) is 16.5. The molecule has 39 heavy (non-hydrogen) atoms. The molecule has 0 unspecified atom stereocenters. The number of anilines is 1. The summed E-state index contributed by atoms with van der Waals surface area (Å²) in [6.07, 6.45) is 19.8. The molecule has 0 spiro atoms. The first-order valence-corrected chi connectivity index (χ1v) is 15.0. The molecule has 0 fully saturated rings. The van der Waals surface area contributed by atoms with E-state index in [-0.39, 0.29) is 11.5 Å². The Labute approximate surface area is 235 Å². The van der Waals surface area contributed by atoms with Crippen molar-refractivity contribution in [3.63, 3.8) is 0 Å². The summed E-state index contributed by atoms with van der Waals surface area (Å²) in [4.78, 5) is 23.5. The van der Waals surface area contributed by atoms with Crippen molar-refractivity contribution in [3.8, 4) is 11.5 Å². The number of unbranched alkanes of at least 4 members (excludes halogenated alkanes) is 14. The van der Waals surface area contributed by atoms with Gasteiger partial charge in [0, 0.05) is 18.7 Å². The van der Waals surface area contributed by atoms with Crippen LogP contribution in [0.1, 0.15) is 126 Å². The van der Waals surface area contributed by atoms with Crippen molar-refractivity contribution in [2.24, 2.45) is 0 Å². The van der Waals surface area contributed by atoms with Crippen molar-refractivity contribution in [1.82, 2.24) is 0 Å². The van der Waals surface area contributed by atoms with Crippen LogP contribution in [0.2, 0.25) is 0 Å². The number of carboxylic acid groups (broad SMARTS) is 1. The number of carbonyl (C=O) groups is 2. The van der Waals surface area contributed by atoms with Gasteiger partial charge in [-0.25, -0.2) is 4.79 Å². The van der Waals surface area contributed by atoms with E-state index in [4.69, 9.17) is 14.6 Å². The maximum Gasteiger partial charge on any atom is 0.335 e. The van der Waals surface area contributed by atoms with Gasteiger partial charge in [0.25, 0.3) is 0 Å². The molecule has 0 saturated heterocycles. The van der Waals surface area contributed by atoms with E-state index in [1.165, 1.54) is 83.5 Å². The number of esters is 1. The Morgan fingerprint density at radius 1 is 0.744 bits per heavy atom. The second-order valence-corrected chi connectivity index (χ2v) is 10.4. The second-order valence-electron chi connectivity index (χ2n) is 10.4. The van der Waals surface area contributed by atoms with Gasteiger partial charge in [-0.05, 0) is 42.3 Å². The van der Waals surface area contributed by atoms with Crippen LogP contribution in [0.15, 0.2) is 42.5 Å². The number of carboxylic acids is 1. The minimum atomic E-state index is -0.962. The third-order valence-electron chi connectivity index (χ3n) is 7.04. The van der Waals surface area contributed by atoms with Gasteiger partial charge >= 0.3 is 11.9 Å². The number of carbonyl (C=O) groups excluding carboxylic acids is 1. The van der Waals surface area contributed by atoms with E-state index in [1.807, 2.05) is 18.2 Å². The van der Waals surface area contributed by atoms with Gasteiger partial charge in [-0.1, -0.05) is 109 Å². The molecular weight excluding hydrogens is 490 g/mol. The number of nitrogens with one attached hydrogen (secondary N) is 1. The maximum absolute atomic E-state index is 12.4. The van der Waals surface area contributed by atoms with Crippen LogP contribution < -0.4 is 14.8 Å². The van der Waals surface area contributed by atoms with Gasteiger partial charge in [-0.2, -0.15) is 0 Å². The Morgan fingerprint density at radius 3 is 1.90 bits per heavy atom. The van der Waals surface area contributed by atoms with Crippen LogP contribution >= 0.6 is 0 Å². The van der Waals surface area contributed by atoms with E-state index in [9.17, 15) is 9.59 Å². The monoisotopic (exact) mass is 539 g/mol. The van der Waals surface area contributed by atoms with Gasteiger partial charge in [0.2, 0.25) is 0 Å². The highest BCUT2D eigenvalue weighted by Crippen LogP contribution is 2.29. The minimum Gasteiger partial charge on any atom is -0.493 e. The largest absolute Gasteiger partial charge is 0.493 e. The molecule has 216 valence electrons. The average molecular weight is 540 g/mol. The topological polar surface area (TPSA) is 84.9 Å². The zero-order valence-electron chi connectivity index (χ0n) is 24.1. The van der Waals surface area contributed by atoms with Crippen molar-refractivity contribution >= 4 is 17.6 Å². The molecule has 0 heterocycles. The fourth-order valence-electron chi connectivity index (χ4n) is 4.69. The third kappa shape index (κ3) is 14.1. The number of rotatable bonds is 22. The number of hydrogen-bond donors (Lipinski definition) is 2. The SMILES string of the molecule is CCCCCCCCCCCCCCCCCC(=O)Oc1ccc(CNc2cccc(C(=O)O)c2)cc1OC. The highest BCUT2D eigenvalue weighted by molar-refractivity contribution is 5.88. The Morgan fingerprint density at radius 2 is 1.33 bits per heavy atom. The summed E-state index contributed by atoms with van der Waals surface area (Å²) in [5.74, 6) is -0.284. The first kappa shape index (κ1) is 32.2. The van der Waals surface area contributed by atoms with Crippen molar-refractivity contribution < 1.29 is 24.2 Å². The van der Waals surface area contributed by atoms with Gasteiger partial charge in [-0.3, -0.25) is 4.79 Å². The van der Waals surface area contributed by atoms with E-state index >= 15 is 0 Å². The van der Waals surface area contributed by atoms with E-state index in [0.717, 1.165) is 18.4 Å². The van der Waals surface area contributed by atoms with Gasteiger partial charge in [-0.15, -0.1) is 0 Å². The van der Waals surface area contributed by atoms with Crippen LogP contribution in [0.5, 0.6) is 11.5 Å². The highest BCUT2D eigenvalue weighted by atomic mass is 16.6. The smallest absolute Gasteiger partial charge is 0.335 e. The predicted molar refractivity (Wildman–Crippen MR) is 159 cm³/mol. The molecule has 0 saturated carbocycles. The van der Waals surface area contributed by atoms with E-state index in [0.29, 0.717) is 30.2 Å². The molecule has 0 aliphatic carbocycles. The number of ether oxygens (including phenoxy) is 2. The van der Waals surface area contributed by atoms with Crippen LogP contribution in [0.25, 0.3) is 0 Å². The summed E-state index contributed by atoms with van der Waals surface area (Å²) in [6, 6.07) is 12.1. The lowest BCUT2D eigenvalue weighted by molar-refractivity contribution is -0.134. The molecule has 0 atom stereocenters. The third-order valence-corrected chi connectivity index (χ3v) is 7.04. The van der Waals surface area contributed by atoms with Crippen molar-refractivity contribution in [2.45, 2.75) is 116 Å². The molecular formula is C33H49NO5. The lowest BCUT2D eigenvalue weighted by atomic mass is 10.0. The first-order valence-electron chi connectivity index (χ1n) is 15.0. The lowest BCUT2D eigenvalue weighted by Crippen LogP contribution is -2.09. The fourth-order valence-corrected chi connectivity index (χ4v) is 4.69. The fraction of sp³-hybridized carbons (Fsp3) is 0.576. The van der Waals surface area contributed by atoms with Crippen LogP contribution in [0, 0.1) is 0 Å². The van der Waals surface area contributed by atoms with Gasteiger partial charge in [0.1, 0.15) is 0 Å². The quantitative estimate of drug-likeness (QED) is 0.0881. The molecule has 6 nitrogen and oxygen atoms in total. The highest BCUT2D eigenvalue weighted by Gasteiger charge is 2.11. The normalized spacial score (nSPS) is 10.8. The van der Waals surface area contributed by atoms with Crippen LogP contribution in [-0.4, -0.2) is 24.2 Å². The number of benzene rings is 2. The first-order chi connectivity index (χ1) is 19.0. The summed E-state index contributed by atoms with van der Waals surface area (Å²) < 4.78 is 11.0. The molecule has 0 bridgehead atoms. The Balaban J connectivity index is 1.56. The zero-order valence-corrected chi connectivity index (χ0v) is 24.1. The van der Waals surface area contributed by atoms with Crippen LogP contribution in [0.4, 0.5) is 5.69 Å². The van der Waals surface area contributed by atoms with Crippen LogP contribution in [-0.2, 0) is 11.3 Å². The number of methoxy groups -OCH3 is 1. The van der Waals surface area contributed by atoms with Gasteiger partial charge in [0.05, 0.1) is 12.7 Å². The average Bonchev–Trinajstić information content (AvgIpc) is 2.94. The summed E-state index contributed by atoms with van der Waals surface area (Å²) in [7, 11) is 1.55. The predicted octanol–water partition coefficient (Wildman–Crippen LogP) is 9.17. The molecule has 2 aromatic rings. The number of aromatic carboxylic acids is 1. The van der Waals surface area contributed by atoms with Crippen molar-refractivity contribution in [3.05, 3.63) is 53.6 Å². The van der Waals surface area contributed by atoms with Gasteiger partial charge in [0.15, 0.2) is 11.5 Å². The molecule has 2 N–H and O–H groups in total. The minimum absolute atomic E-state index is 0.230. The molecule has 0 aromatic heterocycles. The van der Waals surface area contributed by atoms with Crippen molar-refractivity contribution in [2.75, 3.05) is 12.4 Å². The molecule has 2 aromatic carbocycles. The standard InChI is InChI=1S/C33H49NO5/c1-3-4-5-6-7-8-9-10-11-12-13-14-15-16-17-21-32(35)39-30-23-22-27(24-31(30)38-2)26-34-29-20-18-19-28(25-29)33(36)37/h18-20,22-25,34H,3-17,21,26H2,1-2H3,(H,36,37).